The molecule has 1 saturated heterocycles. The molecule has 2 aliphatic rings. The number of rotatable bonds is 13. The number of amides is 4. The SMILES string of the molecule is CC(=O)Oc1ccc(C(=O)NNC(=O)CO/N=C(/C(=O)NC2C(=O)N3C(C(=O)O)=C(CSc4nnc(C)s4)CSC23)c2csc(N)n2)cc1OC(C)=O. The van der Waals surface area contributed by atoms with Gasteiger partial charge in [-0.3, -0.25) is 44.5 Å². The highest BCUT2D eigenvalue weighted by Gasteiger charge is 2.54. The highest BCUT2D eigenvalue weighted by molar-refractivity contribution is 8.01. The van der Waals surface area contributed by atoms with Gasteiger partial charge < -0.3 is 30.5 Å². The maximum atomic E-state index is 13.4. The van der Waals surface area contributed by atoms with E-state index in [2.05, 4.69) is 36.5 Å². The van der Waals surface area contributed by atoms with Crippen LogP contribution in [0.15, 0.2) is 44.3 Å². The van der Waals surface area contributed by atoms with Crippen molar-refractivity contribution in [1.29, 1.82) is 0 Å². The van der Waals surface area contributed by atoms with Crippen molar-refractivity contribution in [3.63, 3.8) is 0 Å². The summed E-state index contributed by atoms with van der Waals surface area (Å²) in [5.41, 5.74) is 9.74. The zero-order valence-corrected chi connectivity index (χ0v) is 30.8. The lowest BCUT2D eigenvalue weighted by Crippen LogP contribution is -2.71. The van der Waals surface area contributed by atoms with Crippen molar-refractivity contribution in [2.24, 2.45) is 5.16 Å². The summed E-state index contributed by atoms with van der Waals surface area (Å²) < 4.78 is 10.6. The number of carboxylic acid groups (broad SMARTS) is 1. The number of oxime groups is 1. The number of nitrogens with two attached hydrogens (primary N) is 1. The Bertz CT molecular complexity index is 2070. The number of hydrogen-bond donors (Lipinski definition) is 5. The summed E-state index contributed by atoms with van der Waals surface area (Å²) in [7, 11) is 0. The van der Waals surface area contributed by atoms with E-state index in [0.717, 1.165) is 41.2 Å². The zero-order chi connectivity index (χ0) is 38.4. The van der Waals surface area contributed by atoms with Crippen molar-refractivity contribution in [2.45, 2.75) is 36.5 Å². The van der Waals surface area contributed by atoms with Crippen LogP contribution in [0.3, 0.4) is 0 Å². The van der Waals surface area contributed by atoms with Crippen LogP contribution in [-0.4, -0.2) is 102 Å². The lowest BCUT2D eigenvalue weighted by Gasteiger charge is -2.49. The van der Waals surface area contributed by atoms with Crippen LogP contribution in [0.1, 0.15) is 34.9 Å². The largest absolute Gasteiger partial charge is 0.477 e. The van der Waals surface area contributed by atoms with Crippen LogP contribution < -0.4 is 31.4 Å². The Kier molecular flexibility index (Phi) is 12.3. The highest BCUT2D eigenvalue weighted by Crippen LogP contribution is 2.42. The van der Waals surface area contributed by atoms with Gasteiger partial charge in [0.1, 0.15) is 27.8 Å². The Morgan fingerprint density at radius 1 is 1.09 bits per heavy atom. The molecule has 278 valence electrons. The quantitative estimate of drug-likeness (QED) is 0.0391. The molecule has 24 heteroatoms. The first-order valence-corrected chi connectivity index (χ1v) is 18.6. The van der Waals surface area contributed by atoms with Crippen LogP contribution in [0.5, 0.6) is 11.5 Å². The van der Waals surface area contributed by atoms with E-state index >= 15 is 0 Å². The Labute approximate surface area is 314 Å². The first kappa shape index (κ1) is 38.6. The Morgan fingerprint density at radius 3 is 2.47 bits per heavy atom. The normalized spacial score (nSPS) is 16.5. The molecule has 2 aromatic heterocycles. The molecule has 1 fully saturated rings. The number of carbonyl (C=O) groups is 7. The predicted octanol–water partition coefficient (Wildman–Crippen LogP) is 0.449. The number of benzene rings is 1. The molecule has 4 heterocycles. The summed E-state index contributed by atoms with van der Waals surface area (Å²) in [6, 6.07) is 2.46. The molecule has 2 unspecified atom stereocenters. The number of aryl methyl sites for hydroxylation is 1. The molecule has 0 bridgehead atoms. The molecule has 1 aromatic carbocycles. The molecule has 4 amide bonds. The minimum absolute atomic E-state index is 0.0308. The van der Waals surface area contributed by atoms with Gasteiger partial charge in [0.25, 0.3) is 23.6 Å². The molecule has 53 heavy (non-hydrogen) atoms. The number of esters is 2. The lowest BCUT2D eigenvalue weighted by molar-refractivity contribution is -0.150. The third kappa shape index (κ3) is 9.45. The van der Waals surface area contributed by atoms with Crippen molar-refractivity contribution in [3.05, 3.63) is 51.1 Å². The number of anilines is 1. The fraction of sp³-hybridized carbons (Fsp3) is 0.276. The average molecular weight is 806 g/mol. The van der Waals surface area contributed by atoms with E-state index in [1.807, 2.05) is 0 Å². The van der Waals surface area contributed by atoms with Gasteiger partial charge >= 0.3 is 17.9 Å². The highest BCUT2D eigenvalue weighted by atomic mass is 32.2. The van der Waals surface area contributed by atoms with Crippen molar-refractivity contribution in [2.75, 3.05) is 23.8 Å². The number of ether oxygens (including phenoxy) is 2. The van der Waals surface area contributed by atoms with E-state index in [9.17, 15) is 38.7 Å². The molecule has 0 spiro atoms. The van der Waals surface area contributed by atoms with Crippen LogP contribution in [0.25, 0.3) is 0 Å². The average Bonchev–Trinajstić information content (AvgIpc) is 3.73. The number of carbonyl (C=O) groups excluding carboxylic acids is 6. The van der Waals surface area contributed by atoms with E-state index in [4.69, 9.17) is 20.0 Å². The van der Waals surface area contributed by atoms with E-state index < -0.39 is 65.3 Å². The number of hydrazine groups is 1. The van der Waals surface area contributed by atoms with Gasteiger partial charge in [-0.1, -0.05) is 28.3 Å². The minimum Gasteiger partial charge on any atom is -0.477 e. The van der Waals surface area contributed by atoms with Gasteiger partial charge in [-0.25, -0.2) is 9.78 Å². The molecule has 2 aliphatic heterocycles. The number of thiazole rings is 1. The Hall–Kier alpha value is -5.59. The fourth-order valence-electron chi connectivity index (χ4n) is 4.60. The molecule has 0 aliphatic carbocycles. The molecular weight excluding hydrogens is 779 g/mol. The van der Waals surface area contributed by atoms with Crippen molar-refractivity contribution >= 4 is 98.6 Å². The number of aromatic nitrogens is 3. The Balaban J connectivity index is 1.20. The van der Waals surface area contributed by atoms with Crippen molar-refractivity contribution in [3.8, 4) is 11.5 Å². The van der Waals surface area contributed by atoms with E-state index in [1.165, 1.54) is 52.4 Å². The van der Waals surface area contributed by atoms with E-state index in [1.54, 1.807) is 6.92 Å². The summed E-state index contributed by atoms with van der Waals surface area (Å²) in [4.78, 5) is 96.9. The third-order valence-electron chi connectivity index (χ3n) is 6.77. The standard InChI is InChI=1S/C29H27N9O11S4/c1-11-33-36-29(53-11)52-9-15-8-50-26-21(25(44)38(26)22(15)27(45)46)32-24(43)20(16-10-51-28(30)31-16)37-47-7-19(41)34-35-23(42)14-4-5-17(48-12(2)39)18(6-14)49-13(3)40/h4-6,10,21,26H,7-9H2,1-3H3,(H2,30,31)(H,32,43)(H,34,41)(H,35,42)(H,45,46)/b37-20+. The molecule has 3 aromatic rings. The van der Waals surface area contributed by atoms with E-state index in [-0.39, 0.29) is 45.1 Å². The van der Waals surface area contributed by atoms with Crippen molar-refractivity contribution < 1.29 is 53.0 Å². The first-order chi connectivity index (χ1) is 25.2. The van der Waals surface area contributed by atoms with Gasteiger partial charge in [0.05, 0.1) is 0 Å². The minimum atomic E-state index is -1.29. The molecule has 6 N–H and O–H groups in total. The predicted molar refractivity (Wildman–Crippen MR) is 189 cm³/mol. The number of hydrogen-bond acceptors (Lipinski definition) is 19. The summed E-state index contributed by atoms with van der Waals surface area (Å²) in [5, 5.41) is 25.7. The fourth-order valence-corrected chi connectivity index (χ4v) is 8.45. The summed E-state index contributed by atoms with van der Waals surface area (Å²) >= 11 is 4.93. The van der Waals surface area contributed by atoms with E-state index in [0.29, 0.717) is 9.91 Å². The van der Waals surface area contributed by atoms with Crippen LogP contribution >= 0.6 is 46.2 Å². The van der Waals surface area contributed by atoms with Crippen LogP contribution in [-0.2, 0) is 33.6 Å². The maximum Gasteiger partial charge on any atom is 0.352 e. The van der Waals surface area contributed by atoms with Gasteiger partial charge in [-0.2, -0.15) is 0 Å². The zero-order valence-electron chi connectivity index (χ0n) is 27.6. The van der Waals surface area contributed by atoms with Gasteiger partial charge in [0.15, 0.2) is 33.3 Å². The molecule has 0 saturated carbocycles. The second-order valence-electron chi connectivity index (χ2n) is 10.6. The monoisotopic (exact) mass is 805 g/mol. The number of β-lactam (4-membered cyclic amide) rings is 1. The Morgan fingerprint density at radius 2 is 1.83 bits per heavy atom. The summed E-state index contributed by atoms with van der Waals surface area (Å²) in [5.74, 6) is -5.83. The van der Waals surface area contributed by atoms with Gasteiger partial charge in [-0.05, 0) is 30.7 Å². The second kappa shape index (κ2) is 16.8. The van der Waals surface area contributed by atoms with Crippen LogP contribution in [0.4, 0.5) is 5.13 Å². The molecule has 2 atom stereocenters. The smallest absolute Gasteiger partial charge is 0.352 e. The number of nitrogens with zero attached hydrogens (tertiary/aromatic N) is 5. The molecule has 0 radical (unpaired) electrons. The number of aliphatic carboxylic acids is 1. The third-order valence-corrected chi connectivity index (χ3v) is 10.8. The lowest BCUT2D eigenvalue weighted by atomic mass is 10.0. The second-order valence-corrected chi connectivity index (χ2v) is 15.0. The topological polar surface area (TPSA) is 284 Å². The molecule has 20 nitrogen and oxygen atoms in total. The number of fused-ring (bicyclic) bond motifs is 1. The van der Waals surface area contributed by atoms with Crippen LogP contribution in [0.2, 0.25) is 0 Å². The summed E-state index contributed by atoms with van der Waals surface area (Å²) in [6.45, 7) is 3.24. The van der Waals surface area contributed by atoms with Crippen molar-refractivity contribution in [1.82, 2.24) is 36.2 Å². The molecule has 5 rings (SSSR count). The number of nitrogen functional groups attached to an aromatic ring is 1. The number of thioether (sulfide) groups is 2. The van der Waals surface area contributed by atoms with Gasteiger partial charge in [-0.15, -0.1) is 33.3 Å². The molecular formula is C29H27N9O11S4. The first-order valence-electron chi connectivity index (χ1n) is 14.9. The van der Waals surface area contributed by atoms with Gasteiger partial charge in [0.2, 0.25) is 0 Å². The number of carboxylic acids is 1. The van der Waals surface area contributed by atoms with Crippen LogP contribution in [0, 0.1) is 6.92 Å². The van der Waals surface area contributed by atoms with Gasteiger partial charge in [0, 0.05) is 36.3 Å². The maximum absolute atomic E-state index is 13.4. The summed E-state index contributed by atoms with van der Waals surface area (Å²) in [6.07, 6.45) is 0. The number of nitrogens with one attached hydrogen (secondary N) is 3.